The number of rotatable bonds is 42. The van der Waals surface area contributed by atoms with E-state index in [-0.39, 0.29) is 24.9 Å². The molecule has 0 heterocycles. The van der Waals surface area contributed by atoms with Crippen molar-refractivity contribution in [1.29, 1.82) is 0 Å². The van der Waals surface area contributed by atoms with E-state index in [1.807, 2.05) is 0 Å². The maximum absolute atomic E-state index is 13.1. The second-order valence-electron chi connectivity index (χ2n) is 16.2. The molecular weight excluding hydrogens is 647 g/mol. The molecule has 1 amide bonds. The van der Waals surface area contributed by atoms with E-state index < -0.39 is 18.2 Å². The van der Waals surface area contributed by atoms with Gasteiger partial charge in [-0.2, -0.15) is 0 Å². The Hall–Kier alpha value is -1.14. The van der Waals surface area contributed by atoms with E-state index in [0.717, 1.165) is 44.9 Å². The Morgan fingerprint density at radius 2 is 0.808 bits per heavy atom. The van der Waals surface area contributed by atoms with Crippen molar-refractivity contribution in [3.05, 3.63) is 0 Å². The molecule has 0 aliphatic rings. The smallest absolute Gasteiger partial charge is 0.306 e. The van der Waals surface area contributed by atoms with Crippen LogP contribution in [0.15, 0.2) is 0 Å². The number of nitrogens with one attached hydrogen (secondary N) is 1. The van der Waals surface area contributed by atoms with Gasteiger partial charge in [-0.3, -0.25) is 9.59 Å². The molecular formula is C46H91NO5. The van der Waals surface area contributed by atoms with Crippen molar-refractivity contribution >= 4 is 11.9 Å². The van der Waals surface area contributed by atoms with Gasteiger partial charge < -0.3 is 20.3 Å². The third-order valence-electron chi connectivity index (χ3n) is 10.9. The highest BCUT2D eigenvalue weighted by Gasteiger charge is 2.24. The lowest BCUT2D eigenvalue weighted by Crippen LogP contribution is -2.46. The lowest BCUT2D eigenvalue weighted by atomic mass is 10.0. The number of aliphatic hydroxyl groups is 2. The van der Waals surface area contributed by atoms with Crippen molar-refractivity contribution in [2.45, 2.75) is 277 Å². The average Bonchev–Trinajstić information content (AvgIpc) is 3.13. The van der Waals surface area contributed by atoms with E-state index in [2.05, 4.69) is 26.1 Å². The van der Waals surface area contributed by atoms with Gasteiger partial charge in [0, 0.05) is 6.42 Å². The van der Waals surface area contributed by atoms with Crippen LogP contribution in [-0.4, -0.2) is 46.9 Å². The normalized spacial score (nSPS) is 13.2. The fourth-order valence-corrected chi connectivity index (χ4v) is 7.37. The van der Waals surface area contributed by atoms with Gasteiger partial charge in [0.05, 0.1) is 25.2 Å². The van der Waals surface area contributed by atoms with Crippen LogP contribution in [0.4, 0.5) is 0 Å². The van der Waals surface area contributed by atoms with Crippen molar-refractivity contribution < 1.29 is 24.5 Å². The summed E-state index contributed by atoms with van der Waals surface area (Å²) in [7, 11) is 0. The Labute approximate surface area is 324 Å². The number of carbonyl (C=O) groups is 2. The van der Waals surface area contributed by atoms with Crippen LogP contribution in [0.1, 0.15) is 258 Å². The van der Waals surface area contributed by atoms with E-state index in [1.54, 1.807) is 0 Å². The molecule has 0 bridgehead atoms. The molecule has 0 aliphatic carbocycles. The zero-order valence-corrected chi connectivity index (χ0v) is 35.2. The minimum Gasteiger partial charge on any atom is -0.462 e. The van der Waals surface area contributed by atoms with Crippen molar-refractivity contribution in [2.24, 2.45) is 0 Å². The molecule has 0 fully saturated rings. The number of hydrogen-bond donors (Lipinski definition) is 3. The predicted molar refractivity (Wildman–Crippen MR) is 223 cm³/mol. The van der Waals surface area contributed by atoms with Crippen LogP contribution in [0.25, 0.3) is 0 Å². The highest BCUT2D eigenvalue weighted by atomic mass is 16.5. The van der Waals surface area contributed by atoms with E-state index in [0.29, 0.717) is 19.3 Å². The Morgan fingerprint density at radius 1 is 0.481 bits per heavy atom. The maximum Gasteiger partial charge on any atom is 0.306 e. The topological polar surface area (TPSA) is 95.9 Å². The Morgan fingerprint density at radius 3 is 1.17 bits per heavy atom. The van der Waals surface area contributed by atoms with Crippen molar-refractivity contribution in [1.82, 2.24) is 5.32 Å². The van der Waals surface area contributed by atoms with Crippen LogP contribution in [0.3, 0.4) is 0 Å². The molecule has 0 radical (unpaired) electrons. The fourth-order valence-electron chi connectivity index (χ4n) is 7.37. The molecule has 310 valence electrons. The van der Waals surface area contributed by atoms with Gasteiger partial charge in [-0.25, -0.2) is 0 Å². The average molecular weight is 738 g/mol. The molecule has 0 saturated heterocycles. The summed E-state index contributed by atoms with van der Waals surface area (Å²) in [6, 6.07) is -0.690. The first-order valence-corrected chi connectivity index (χ1v) is 23.3. The lowest BCUT2D eigenvalue weighted by molar-refractivity contribution is -0.151. The summed E-state index contributed by atoms with van der Waals surface area (Å²) in [5, 5.41) is 23.6. The van der Waals surface area contributed by atoms with Gasteiger partial charge in [0.1, 0.15) is 6.10 Å². The van der Waals surface area contributed by atoms with E-state index in [1.165, 1.54) is 167 Å². The molecule has 0 rings (SSSR count). The van der Waals surface area contributed by atoms with Gasteiger partial charge in [-0.05, 0) is 25.7 Å². The van der Waals surface area contributed by atoms with Crippen molar-refractivity contribution in [3.63, 3.8) is 0 Å². The standard InChI is InChI=1S/C46H91NO5/c1-4-7-10-13-16-19-21-23-26-28-31-34-37-42(52-46(51)39-36-33-30-25-18-15-12-9-6-3)40-45(50)47-43(41-48)44(49)38-35-32-29-27-24-22-20-17-14-11-8-5-2/h42-44,48-49H,4-41H2,1-3H3,(H,47,50). The maximum atomic E-state index is 13.1. The highest BCUT2D eigenvalue weighted by Crippen LogP contribution is 2.18. The molecule has 0 spiro atoms. The number of ether oxygens (including phenoxy) is 1. The quantitative estimate of drug-likeness (QED) is 0.0428. The van der Waals surface area contributed by atoms with Crippen LogP contribution < -0.4 is 5.32 Å². The summed E-state index contributed by atoms with van der Waals surface area (Å²) in [4.78, 5) is 25.9. The van der Waals surface area contributed by atoms with Gasteiger partial charge in [0.25, 0.3) is 0 Å². The molecule has 0 aromatic heterocycles. The minimum atomic E-state index is -0.777. The van der Waals surface area contributed by atoms with Crippen molar-refractivity contribution in [3.8, 4) is 0 Å². The van der Waals surface area contributed by atoms with E-state index in [9.17, 15) is 19.8 Å². The molecule has 3 unspecified atom stereocenters. The fraction of sp³-hybridized carbons (Fsp3) is 0.957. The number of esters is 1. The van der Waals surface area contributed by atoms with Gasteiger partial charge in [0.15, 0.2) is 0 Å². The first kappa shape index (κ1) is 50.9. The molecule has 0 aromatic carbocycles. The summed E-state index contributed by atoms with van der Waals surface area (Å²) < 4.78 is 5.89. The Bertz CT molecular complexity index is 746. The van der Waals surface area contributed by atoms with Crippen LogP contribution in [0.2, 0.25) is 0 Å². The summed E-state index contributed by atoms with van der Waals surface area (Å²) in [6.45, 7) is 6.47. The SMILES string of the molecule is CCCCCCCCCCCCCCC(CC(=O)NC(CO)C(O)CCCCCCCCCCCCCC)OC(=O)CCCCCCCCCCC. The first-order chi connectivity index (χ1) is 25.5. The largest absolute Gasteiger partial charge is 0.462 e. The van der Waals surface area contributed by atoms with Crippen molar-refractivity contribution in [2.75, 3.05) is 6.61 Å². The van der Waals surface area contributed by atoms with E-state index >= 15 is 0 Å². The Balaban J connectivity index is 4.52. The summed E-state index contributed by atoms with van der Waals surface area (Å²) in [6.07, 6.45) is 41.6. The summed E-state index contributed by atoms with van der Waals surface area (Å²) in [5.41, 5.74) is 0. The molecule has 6 heteroatoms. The number of carbonyl (C=O) groups excluding carboxylic acids is 2. The highest BCUT2D eigenvalue weighted by molar-refractivity contribution is 5.77. The summed E-state index contributed by atoms with van der Waals surface area (Å²) in [5.74, 6) is -0.460. The second kappa shape index (κ2) is 41.0. The number of hydrogen-bond acceptors (Lipinski definition) is 5. The van der Waals surface area contributed by atoms with Crippen LogP contribution >= 0.6 is 0 Å². The first-order valence-electron chi connectivity index (χ1n) is 23.3. The van der Waals surface area contributed by atoms with E-state index in [4.69, 9.17) is 4.74 Å². The second-order valence-corrected chi connectivity index (χ2v) is 16.2. The Kier molecular flexibility index (Phi) is 40.1. The van der Waals surface area contributed by atoms with Gasteiger partial charge in [-0.15, -0.1) is 0 Å². The molecule has 0 saturated carbocycles. The molecule has 6 nitrogen and oxygen atoms in total. The number of unbranched alkanes of at least 4 members (excludes halogenated alkanes) is 30. The molecule has 0 aromatic rings. The minimum absolute atomic E-state index is 0.0867. The number of amides is 1. The third kappa shape index (κ3) is 35.9. The van der Waals surface area contributed by atoms with Crippen LogP contribution in [-0.2, 0) is 14.3 Å². The van der Waals surface area contributed by atoms with Crippen LogP contribution in [0.5, 0.6) is 0 Å². The molecule has 3 N–H and O–H groups in total. The molecule has 3 atom stereocenters. The lowest BCUT2D eigenvalue weighted by Gasteiger charge is -2.24. The molecule has 52 heavy (non-hydrogen) atoms. The predicted octanol–water partition coefficient (Wildman–Crippen LogP) is 13.2. The van der Waals surface area contributed by atoms with Gasteiger partial charge in [0.2, 0.25) is 5.91 Å². The zero-order valence-electron chi connectivity index (χ0n) is 35.2. The number of aliphatic hydroxyl groups excluding tert-OH is 2. The van der Waals surface area contributed by atoms with Gasteiger partial charge in [-0.1, -0.05) is 220 Å². The summed E-state index contributed by atoms with van der Waals surface area (Å²) >= 11 is 0. The zero-order chi connectivity index (χ0) is 38.2. The monoisotopic (exact) mass is 738 g/mol. The molecule has 0 aliphatic heterocycles. The third-order valence-corrected chi connectivity index (χ3v) is 10.9. The van der Waals surface area contributed by atoms with Crippen LogP contribution in [0, 0.1) is 0 Å². The van der Waals surface area contributed by atoms with Gasteiger partial charge >= 0.3 is 5.97 Å².